The molecule has 0 heterocycles. The number of aromatic carboxylic acids is 1. The lowest BCUT2D eigenvalue weighted by Crippen LogP contribution is -2.09. The first-order valence-corrected chi connectivity index (χ1v) is 6.82. The number of hydrogen-bond donors (Lipinski definition) is 2. The molecule has 2 rings (SSSR count). The summed E-state index contributed by atoms with van der Waals surface area (Å²) in [4.78, 5) is 20.8. The van der Waals surface area contributed by atoms with E-state index in [1.165, 1.54) is 12.1 Å². The molecule has 130 valence electrons. The van der Waals surface area contributed by atoms with Crippen molar-refractivity contribution in [2.45, 2.75) is 13.1 Å². The van der Waals surface area contributed by atoms with Gasteiger partial charge in [0.15, 0.2) is 6.29 Å². The van der Waals surface area contributed by atoms with Gasteiger partial charge in [-0.3, -0.25) is 4.79 Å². The molecule has 0 atom stereocenters. The van der Waals surface area contributed by atoms with Crippen LogP contribution in [-0.2, 0) is 6.18 Å². The Kier molecular flexibility index (Phi) is 6.34. The number of aryl methyl sites for hydroxylation is 1. The van der Waals surface area contributed by atoms with Crippen molar-refractivity contribution in [1.82, 2.24) is 0 Å². The maximum absolute atomic E-state index is 12.2. The molecular weight excluding hydrogens is 335 g/mol. The molecule has 0 spiro atoms. The normalized spacial score (nSPS) is 10.2. The molecule has 0 saturated heterocycles. The number of aldehydes is 1. The van der Waals surface area contributed by atoms with Crippen molar-refractivity contribution in [2.75, 3.05) is 5.73 Å². The van der Waals surface area contributed by atoms with Crippen LogP contribution in [-0.4, -0.2) is 17.4 Å². The van der Waals surface area contributed by atoms with Gasteiger partial charge in [-0.2, -0.15) is 13.2 Å². The van der Waals surface area contributed by atoms with E-state index >= 15 is 0 Å². The van der Waals surface area contributed by atoms with Crippen LogP contribution >= 0.6 is 0 Å². The predicted molar refractivity (Wildman–Crippen MR) is 87.3 cm³/mol. The highest BCUT2D eigenvalue weighted by molar-refractivity contribution is 5.88. The molecular formula is C18H14F3NO3. The largest absolute Gasteiger partial charge is 0.478 e. The second kappa shape index (κ2) is 8.02. The number of alkyl halides is 3. The molecule has 0 aliphatic heterocycles. The second-order valence-electron chi connectivity index (χ2n) is 4.94. The summed E-state index contributed by atoms with van der Waals surface area (Å²) < 4.78 is 36.6. The van der Waals surface area contributed by atoms with Crippen molar-refractivity contribution in [3.05, 3.63) is 64.2 Å². The van der Waals surface area contributed by atoms with Crippen molar-refractivity contribution in [1.29, 1.82) is 0 Å². The van der Waals surface area contributed by atoms with Gasteiger partial charge < -0.3 is 10.8 Å². The molecule has 0 bridgehead atoms. The van der Waals surface area contributed by atoms with Gasteiger partial charge in [0.05, 0.1) is 11.1 Å². The number of halogens is 3. The van der Waals surface area contributed by atoms with E-state index in [0.717, 1.165) is 17.7 Å². The number of nitrogens with two attached hydrogens (primary N) is 1. The van der Waals surface area contributed by atoms with Crippen LogP contribution in [0.1, 0.15) is 37.4 Å². The summed E-state index contributed by atoms with van der Waals surface area (Å²) >= 11 is 0. The molecule has 0 aliphatic rings. The molecule has 25 heavy (non-hydrogen) atoms. The zero-order chi connectivity index (χ0) is 19.2. The highest BCUT2D eigenvalue weighted by Gasteiger charge is 2.33. The Labute approximate surface area is 142 Å². The van der Waals surface area contributed by atoms with Crippen molar-refractivity contribution in [3.63, 3.8) is 0 Å². The van der Waals surface area contributed by atoms with Crippen molar-refractivity contribution in [3.8, 4) is 12.3 Å². The Morgan fingerprint density at radius 2 is 1.88 bits per heavy atom. The molecule has 0 radical (unpaired) electrons. The van der Waals surface area contributed by atoms with E-state index < -0.39 is 23.3 Å². The molecule has 3 N–H and O–H groups in total. The second-order valence-corrected chi connectivity index (χ2v) is 4.94. The Hall–Kier alpha value is -3.27. The van der Waals surface area contributed by atoms with Gasteiger partial charge in [0.2, 0.25) is 0 Å². The summed E-state index contributed by atoms with van der Waals surface area (Å²) in [7, 11) is 0. The van der Waals surface area contributed by atoms with Crippen molar-refractivity contribution >= 4 is 17.9 Å². The van der Waals surface area contributed by atoms with E-state index in [1.54, 1.807) is 12.1 Å². The van der Waals surface area contributed by atoms with Crippen LogP contribution < -0.4 is 5.73 Å². The van der Waals surface area contributed by atoms with Crippen LogP contribution in [0.25, 0.3) is 0 Å². The molecule has 0 fully saturated rings. The fraction of sp³-hybridized carbons (Fsp3) is 0.111. The number of terminal acetylenes is 1. The van der Waals surface area contributed by atoms with E-state index in [1.807, 2.05) is 6.92 Å². The zero-order valence-electron chi connectivity index (χ0n) is 13.1. The summed E-state index contributed by atoms with van der Waals surface area (Å²) in [5.41, 5.74) is 5.53. The summed E-state index contributed by atoms with van der Waals surface area (Å²) in [6.07, 6.45) is 0.796. The third kappa shape index (κ3) is 5.39. The molecule has 2 aromatic carbocycles. The highest BCUT2D eigenvalue weighted by atomic mass is 19.4. The van der Waals surface area contributed by atoms with Crippen LogP contribution in [0.4, 0.5) is 18.9 Å². The van der Waals surface area contributed by atoms with Gasteiger partial charge in [-0.05, 0) is 42.8 Å². The van der Waals surface area contributed by atoms with Gasteiger partial charge in [-0.15, -0.1) is 6.42 Å². The Morgan fingerprint density at radius 3 is 2.36 bits per heavy atom. The van der Waals surface area contributed by atoms with Crippen LogP contribution in [0.5, 0.6) is 0 Å². The minimum Gasteiger partial charge on any atom is -0.478 e. The van der Waals surface area contributed by atoms with E-state index in [9.17, 15) is 22.8 Å². The Bertz CT molecular complexity index is 836. The number of nitrogen functional groups attached to an aromatic ring is 1. The number of carboxylic acid groups (broad SMARTS) is 1. The van der Waals surface area contributed by atoms with E-state index in [2.05, 4.69) is 5.92 Å². The minimum absolute atomic E-state index is 0.0158. The Morgan fingerprint density at radius 1 is 1.24 bits per heavy atom. The first kappa shape index (κ1) is 19.8. The number of rotatable bonds is 2. The van der Waals surface area contributed by atoms with E-state index in [-0.39, 0.29) is 17.5 Å². The molecule has 7 heteroatoms. The van der Waals surface area contributed by atoms with Crippen LogP contribution in [0, 0.1) is 19.3 Å². The lowest BCUT2D eigenvalue weighted by Gasteiger charge is -2.09. The minimum atomic E-state index is -4.54. The topological polar surface area (TPSA) is 80.4 Å². The molecule has 0 saturated carbocycles. The fourth-order valence-electron chi connectivity index (χ4n) is 1.83. The number of hydrogen-bond acceptors (Lipinski definition) is 3. The average molecular weight is 349 g/mol. The number of anilines is 1. The summed E-state index contributed by atoms with van der Waals surface area (Å²) in [6, 6.07) is 7.78. The zero-order valence-corrected chi connectivity index (χ0v) is 13.1. The van der Waals surface area contributed by atoms with Gasteiger partial charge in [-0.1, -0.05) is 12.0 Å². The summed E-state index contributed by atoms with van der Waals surface area (Å²) in [5.74, 6) is 1.47. The average Bonchev–Trinajstić information content (AvgIpc) is 2.54. The van der Waals surface area contributed by atoms with Crippen LogP contribution in [0.2, 0.25) is 0 Å². The summed E-state index contributed by atoms with van der Waals surface area (Å²) in [5, 5.41) is 8.63. The quantitative estimate of drug-likeness (QED) is 0.491. The van der Waals surface area contributed by atoms with E-state index in [0.29, 0.717) is 5.56 Å². The van der Waals surface area contributed by atoms with Gasteiger partial charge in [0.25, 0.3) is 0 Å². The molecule has 0 aliphatic carbocycles. The van der Waals surface area contributed by atoms with Crippen LogP contribution in [0.15, 0.2) is 36.4 Å². The number of carbonyl (C=O) groups is 2. The predicted octanol–water partition coefficient (Wildman–Crippen LogP) is 3.77. The van der Waals surface area contributed by atoms with E-state index in [4.69, 9.17) is 17.3 Å². The third-order valence-electron chi connectivity index (χ3n) is 3.15. The van der Waals surface area contributed by atoms with Crippen LogP contribution in [0.3, 0.4) is 0 Å². The standard InChI is InChI=1S/C10H8O2.C8H6F3NO/c1-3-8-6-9(10(11)12)5-4-7(8)2;9-8(10,11)7-3-6(12)2-1-5(7)4-13/h1,4-6H,2H3,(H,11,12);1-4H,12H2. The van der Waals surface area contributed by atoms with Gasteiger partial charge >= 0.3 is 12.1 Å². The first-order chi connectivity index (χ1) is 11.6. The number of carbonyl (C=O) groups excluding carboxylic acids is 1. The molecule has 0 amide bonds. The third-order valence-corrected chi connectivity index (χ3v) is 3.15. The maximum Gasteiger partial charge on any atom is 0.417 e. The number of benzene rings is 2. The maximum atomic E-state index is 12.2. The fourth-order valence-corrected chi connectivity index (χ4v) is 1.83. The molecule has 0 aromatic heterocycles. The molecule has 4 nitrogen and oxygen atoms in total. The number of carboxylic acids is 1. The Balaban J connectivity index is 0.000000251. The van der Waals surface area contributed by atoms with Crippen molar-refractivity contribution in [2.24, 2.45) is 0 Å². The first-order valence-electron chi connectivity index (χ1n) is 6.82. The van der Waals surface area contributed by atoms with Crippen molar-refractivity contribution < 1.29 is 27.9 Å². The van der Waals surface area contributed by atoms with Gasteiger partial charge in [-0.25, -0.2) is 4.79 Å². The molecule has 2 aromatic rings. The monoisotopic (exact) mass is 349 g/mol. The van der Waals surface area contributed by atoms with Gasteiger partial charge in [0, 0.05) is 16.8 Å². The molecule has 0 unspecified atom stereocenters. The highest BCUT2D eigenvalue weighted by Crippen LogP contribution is 2.32. The van der Waals surface area contributed by atoms with Gasteiger partial charge in [0.1, 0.15) is 0 Å². The summed E-state index contributed by atoms with van der Waals surface area (Å²) in [6.45, 7) is 1.85. The lowest BCUT2D eigenvalue weighted by molar-refractivity contribution is -0.137. The smallest absolute Gasteiger partial charge is 0.417 e. The SMILES string of the molecule is C#Cc1cc(C(=O)O)ccc1C.Nc1ccc(C=O)c(C(F)(F)F)c1. The lowest BCUT2D eigenvalue weighted by atomic mass is 10.1.